The van der Waals surface area contributed by atoms with Gasteiger partial charge in [-0.2, -0.15) is 5.26 Å². The minimum atomic E-state index is -0.426. The minimum Gasteiger partial charge on any atom is -0.324 e. The molecule has 3 aromatic rings. The largest absolute Gasteiger partial charge is 0.324 e. The van der Waals surface area contributed by atoms with Crippen molar-refractivity contribution in [1.82, 2.24) is 5.32 Å². The Hall–Kier alpha value is -3.64. The average Bonchev–Trinajstić information content (AvgIpc) is 2.78. The molecule has 0 atom stereocenters. The van der Waals surface area contributed by atoms with Crippen molar-refractivity contribution in [2.75, 3.05) is 0 Å². The third kappa shape index (κ3) is 5.79. The summed E-state index contributed by atoms with van der Waals surface area (Å²) in [6.45, 7) is 12.4. The molecule has 0 fully saturated rings. The van der Waals surface area contributed by atoms with Gasteiger partial charge in [0.05, 0.1) is 5.57 Å². The highest BCUT2D eigenvalue weighted by molar-refractivity contribution is 5.97. The van der Waals surface area contributed by atoms with E-state index in [1.165, 1.54) is 5.56 Å². The number of carbonyl (C=O) groups excluding carboxylic acids is 1. The molecule has 0 aromatic heterocycles. The summed E-state index contributed by atoms with van der Waals surface area (Å²) < 4.78 is 0. The van der Waals surface area contributed by atoms with Crippen molar-refractivity contribution < 1.29 is 4.79 Å². The molecular formula is C30H32N2O. The molecule has 0 saturated heterocycles. The molecule has 3 heteroatoms. The van der Waals surface area contributed by atoms with Gasteiger partial charge in [-0.05, 0) is 39.8 Å². The molecule has 0 bridgehead atoms. The van der Waals surface area contributed by atoms with Crippen LogP contribution in [0.1, 0.15) is 63.0 Å². The van der Waals surface area contributed by atoms with Crippen molar-refractivity contribution in [2.45, 2.75) is 47.0 Å². The Bertz CT molecular complexity index is 1180. The predicted octanol–water partition coefficient (Wildman–Crippen LogP) is 7.36. The second kappa shape index (κ2) is 9.46. The first-order chi connectivity index (χ1) is 15.5. The Morgan fingerprint density at radius 1 is 0.727 bits per heavy atom. The first kappa shape index (κ1) is 24.0. The summed E-state index contributed by atoms with van der Waals surface area (Å²) in [5.74, 6) is -0.214. The van der Waals surface area contributed by atoms with Crippen LogP contribution in [0.5, 0.6) is 0 Å². The Labute approximate surface area is 197 Å². The van der Waals surface area contributed by atoms with Crippen LogP contribution in [0.3, 0.4) is 0 Å². The molecule has 0 aliphatic heterocycles. The molecule has 0 aliphatic rings. The first-order valence-corrected chi connectivity index (χ1v) is 11.2. The van der Waals surface area contributed by atoms with E-state index in [-0.39, 0.29) is 11.3 Å². The van der Waals surface area contributed by atoms with Crippen LogP contribution in [-0.2, 0) is 5.41 Å². The van der Waals surface area contributed by atoms with Crippen molar-refractivity contribution >= 4 is 11.5 Å². The highest BCUT2D eigenvalue weighted by Crippen LogP contribution is 2.32. The summed E-state index contributed by atoms with van der Waals surface area (Å²) in [4.78, 5) is 13.1. The maximum absolute atomic E-state index is 13.1. The number of rotatable bonds is 4. The maximum Gasteiger partial charge on any atom is 0.255 e. The van der Waals surface area contributed by atoms with Crippen LogP contribution in [0.4, 0.5) is 0 Å². The van der Waals surface area contributed by atoms with Crippen molar-refractivity contribution in [2.24, 2.45) is 5.41 Å². The molecule has 168 valence electrons. The number of nitriles is 1. The quantitative estimate of drug-likeness (QED) is 0.434. The fraction of sp³-hybridized carbons (Fsp3) is 0.267. The van der Waals surface area contributed by atoms with E-state index in [1.807, 2.05) is 87.5 Å². The third-order valence-corrected chi connectivity index (χ3v) is 5.64. The lowest BCUT2D eigenvalue weighted by atomic mass is 9.85. The van der Waals surface area contributed by atoms with E-state index in [1.54, 1.807) is 0 Å². The molecule has 0 spiro atoms. The van der Waals surface area contributed by atoms with Gasteiger partial charge in [0, 0.05) is 16.7 Å². The van der Waals surface area contributed by atoms with E-state index >= 15 is 0 Å². The Morgan fingerprint density at radius 2 is 1.24 bits per heavy atom. The van der Waals surface area contributed by atoms with Gasteiger partial charge in [0.2, 0.25) is 0 Å². The number of benzene rings is 3. The molecule has 0 unspecified atom stereocenters. The van der Waals surface area contributed by atoms with Crippen molar-refractivity contribution in [1.29, 1.82) is 5.26 Å². The molecule has 3 nitrogen and oxygen atoms in total. The van der Waals surface area contributed by atoms with Gasteiger partial charge < -0.3 is 5.32 Å². The molecule has 1 N–H and O–H groups in total. The topological polar surface area (TPSA) is 52.9 Å². The minimum absolute atomic E-state index is 0.0192. The lowest BCUT2D eigenvalue weighted by molar-refractivity contribution is 0.0958. The number of amides is 1. The molecule has 0 aliphatic carbocycles. The summed E-state index contributed by atoms with van der Waals surface area (Å²) in [6.07, 6.45) is 0. The highest BCUT2D eigenvalue weighted by Gasteiger charge is 2.25. The van der Waals surface area contributed by atoms with Crippen molar-refractivity contribution in [3.8, 4) is 17.2 Å². The van der Waals surface area contributed by atoms with E-state index in [0.29, 0.717) is 16.8 Å². The van der Waals surface area contributed by atoms with Gasteiger partial charge in [-0.25, -0.2) is 0 Å². The molecule has 3 rings (SSSR count). The fourth-order valence-corrected chi connectivity index (χ4v) is 3.66. The van der Waals surface area contributed by atoms with E-state index in [0.717, 1.165) is 16.7 Å². The number of hydrogen-bond donors (Lipinski definition) is 1. The van der Waals surface area contributed by atoms with Crippen LogP contribution in [0.2, 0.25) is 0 Å². The zero-order chi connectivity index (χ0) is 24.2. The smallest absolute Gasteiger partial charge is 0.255 e. The second-order valence-corrected chi connectivity index (χ2v) is 10.3. The van der Waals surface area contributed by atoms with Gasteiger partial charge in [0.25, 0.3) is 5.91 Å². The first-order valence-electron chi connectivity index (χ1n) is 11.2. The standard InChI is InChI=1S/C30H32N2O/c1-29(2,3)25-18-16-24(17-19-25)28(33)32-27(30(4,5)6)26(20-31)23-14-12-22(13-15-23)21-10-8-7-9-11-21/h7-19H,1-6H3,(H,32,33). The number of nitrogens with one attached hydrogen (secondary N) is 1. The van der Waals surface area contributed by atoms with Crippen LogP contribution in [-0.4, -0.2) is 5.91 Å². The van der Waals surface area contributed by atoms with Gasteiger partial charge in [-0.15, -0.1) is 0 Å². The summed E-state index contributed by atoms with van der Waals surface area (Å²) in [7, 11) is 0. The van der Waals surface area contributed by atoms with Gasteiger partial charge in [0.1, 0.15) is 6.07 Å². The number of hydrogen-bond acceptors (Lipinski definition) is 2. The fourth-order valence-electron chi connectivity index (χ4n) is 3.66. The Kier molecular flexibility index (Phi) is 6.89. The van der Waals surface area contributed by atoms with Crippen LogP contribution < -0.4 is 5.32 Å². The van der Waals surface area contributed by atoms with Crippen LogP contribution in [0.15, 0.2) is 84.6 Å². The summed E-state index contributed by atoms with van der Waals surface area (Å²) in [5.41, 5.74) is 5.40. The molecule has 0 saturated carbocycles. The van der Waals surface area contributed by atoms with Crippen molar-refractivity contribution in [3.63, 3.8) is 0 Å². The Morgan fingerprint density at radius 3 is 1.73 bits per heavy atom. The number of allylic oxidation sites excluding steroid dienone is 2. The van der Waals surface area contributed by atoms with E-state index in [2.05, 4.69) is 44.3 Å². The lowest BCUT2D eigenvalue weighted by Crippen LogP contribution is -2.31. The summed E-state index contributed by atoms with van der Waals surface area (Å²) in [6, 6.07) is 28.0. The molecule has 0 heterocycles. The zero-order valence-electron chi connectivity index (χ0n) is 20.4. The highest BCUT2D eigenvalue weighted by atomic mass is 16.1. The van der Waals surface area contributed by atoms with Crippen LogP contribution in [0, 0.1) is 16.7 Å². The molecule has 33 heavy (non-hydrogen) atoms. The van der Waals surface area contributed by atoms with Gasteiger partial charge >= 0.3 is 0 Å². The lowest BCUT2D eigenvalue weighted by Gasteiger charge is -2.26. The van der Waals surface area contributed by atoms with E-state index < -0.39 is 5.41 Å². The maximum atomic E-state index is 13.1. The van der Waals surface area contributed by atoms with Crippen LogP contribution >= 0.6 is 0 Å². The third-order valence-electron chi connectivity index (χ3n) is 5.64. The normalized spacial score (nSPS) is 12.5. The van der Waals surface area contributed by atoms with E-state index in [9.17, 15) is 10.1 Å². The second-order valence-electron chi connectivity index (χ2n) is 10.3. The van der Waals surface area contributed by atoms with Crippen LogP contribution in [0.25, 0.3) is 16.7 Å². The SMILES string of the molecule is CC(C)(C)C(NC(=O)c1ccc(C(C)(C)C)cc1)=C(C#N)c1ccc(-c2ccccc2)cc1. The van der Waals surface area contributed by atoms with Crippen molar-refractivity contribution in [3.05, 3.63) is 101 Å². The summed E-state index contributed by atoms with van der Waals surface area (Å²) >= 11 is 0. The van der Waals surface area contributed by atoms with Gasteiger partial charge in [-0.1, -0.05) is 108 Å². The average molecular weight is 437 g/mol. The summed E-state index contributed by atoms with van der Waals surface area (Å²) in [5, 5.41) is 13.1. The van der Waals surface area contributed by atoms with E-state index in [4.69, 9.17) is 0 Å². The monoisotopic (exact) mass is 436 g/mol. The number of carbonyl (C=O) groups is 1. The molecular weight excluding hydrogens is 404 g/mol. The molecule has 3 aromatic carbocycles. The zero-order valence-corrected chi connectivity index (χ0v) is 20.4. The van der Waals surface area contributed by atoms with Gasteiger partial charge in [-0.3, -0.25) is 4.79 Å². The predicted molar refractivity (Wildman–Crippen MR) is 136 cm³/mol. The number of nitrogens with zero attached hydrogens (tertiary/aromatic N) is 1. The van der Waals surface area contributed by atoms with Gasteiger partial charge in [0.15, 0.2) is 0 Å². The molecule has 1 amide bonds. The Balaban J connectivity index is 1.95. The molecule has 0 radical (unpaired) electrons.